The van der Waals surface area contributed by atoms with Crippen LogP contribution in [0.2, 0.25) is 0 Å². The van der Waals surface area contributed by atoms with Gasteiger partial charge >= 0.3 is 6.09 Å². The van der Waals surface area contributed by atoms with Crippen LogP contribution in [0.15, 0.2) is 60.1 Å². The number of rotatable bonds is 7. The van der Waals surface area contributed by atoms with Crippen LogP contribution in [0, 0.1) is 0 Å². The van der Waals surface area contributed by atoms with Crippen molar-refractivity contribution < 1.29 is 14.6 Å². The van der Waals surface area contributed by atoms with Gasteiger partial charge in [0.1, 0.15) is 0 Å². The average Bonchev–Trinajstić information content (AvgIpc) is 3.40. The number of benzene rings is 2. The average molecular weight is 504 g/mol. The maximum atomic E-state index is 11.3. The third kappa shape index (κ3) is 5.12. The molecule has 2 N–H and O–H groups in total. The molecule has 0 radical (unpaired) electrons. The molecule has 5 rings (SSSR count). The molecule has 1 atom stereocenters. The number of hydrogen-bond acceptors (Lipinski definition) is 7. The number of morpholine rings is 1. The van der Waals surface area contributed by atoms with E-state index in [9.17, 15) is 9.90 Å². The molecular formula is C27H29N5O3S. The fourth-order valence-electron chi connectivity index (χ4n) is 4.45. The minimum absolute atomic E-state index is 0.0181. The lowest BCUT2D eigenvalue weighted by atomic mass is 10.0. The Hall–Kier alpha value is -3.69. The predicted molar refractivity (Wildman–Crippen MR) is 144 cm³/mol. The molecular weight excluding hydrogens is 474 g/mol. The molecule has 0 spiro atoms. The van der Waals surface area contributed by atoms with Crippen LogP contribution in [0.5, 0.6) is 0 Å². The summed E-state index contributed by atoms with van der Waals surface area (Å²) in [7, 11) is 1.58. The van der Waals surface area contributed by atoms with E-state index in [1.165, 1.54) is 4.90 Å². The summed E-state index contributed by atoms with van der Waals surface area (Å²) in [5, 5.41) is 25.7. The largest absolute Gasteiger partial charge is 0.465 e. The van der Waals surface area contributed by atoms with Crippen molar-refractivity contribution in [1.82, 2.24) is 15.1 Å². The van der Waals surface area contributed by atoms with E-state index in [1.807, 2.05) is 24.3 Å². The Morgan fingerprint density at radius 1 is 1.22 bits per heavy atom. The van der Waals surface area contributed by atoms with Crippen molar-refractivity contribution in [2.75, 3.05) is 43.6 Å². The zero-order chi connectivity index (χ0) is 25.1. The number of fused-ring (bicyclic) bond motifs is 1. The molecule has 1 amide bonds. The minimum Gasteiger partial charge on any atom is -0.465 e. The van der Waals surface area contributed by atoms with Crippen molar-refractivity contribution >= 4 is 39.7 Å². The highest BCUT2D eigenvalue weighted by atomic mass is 32.1. The number of aromatic nitrogens is 2. The molecule has 1 aliphatic heterocycles. The topological polar surface area (TPSA) is 90.8 Å². The smallest absolute Gasteiger partial charge is 0.407 e. The van der Waals surface area contributed by atoms with E-state index in [2.05, 4.69) is 57.0 Å². The minimum atomic E-state index is -0.943. The van der Waals surface area contributed by atoms with E-state index in [4.69, 9.17) is 4.74 Å². The van der Waals surface area contributed by atoms with Gasteiger partial charge in [-0.15, -0.1) is 16.4 Å². The van der Waals surface area contributed by atoms with Gasteiger partial charge in [0.15, 0.2) is 5.82 Å². The highest BCUT2D eigenvalue weighted by Gasteiger charge is 2.17. The first kappa shape index (κ1) is 24.0. The van der Waals surface area contributed by atoms with Crippen LogP contribution in [-0.2, 0) is 11.3 Å². The molecule has 0 saturated carbocycles. The van der Waals surface area contributed by atoms with Gasteiger partial charge in [-0.3, -0.25) is 0 Å². The molecule has 0 aliphatic carbocycles. The molecule has 2 aromatic carbocycles. The lowest BCUT2D eigenvalue weighted by molar-refractivity contribution is 0.122. The number of nitrogens with one attached hydrogen (secondary N) is 1. The lowest BCUT2D eigenvalue weighted by Crippen LogP contribution is -2.36. The first-order chi connectivity index (χ1) is 17.5. The number of nitrogens with zero attached hydrogens (tertiary/aromatic N) is 4. The number of thiophene rings is 1. The van der Waals surface area contributed by atoms with E-state index in [1.54, 1.807) is 24.6 Å². The van der Waals surface area contributed by atoms with Gasteiger partial charge < -0.3 is 25.0 Å². The SMILES string of the molecule is CC(Nc1nncc2ccc(N3CCOCC3)cc12)c1cc(-c2ccccc2CN(C)C(=O)O)cs1. The molecule has 8 nitrogen and oxygen atoms in total. The summed E-state index contributed by atoms with van der Waals surface area (Å²) in [5.41, 5.74) is 4.26. The molecule has 1 fully saturated rings. The third-order valence-corrected chi connectivity index (χ3v) is 7.60. The fraction of sp³-hybridized carbons (Fsp3) is 0.296. The van der Waals surface area contributed by atoms with E-state index in [-0.39, 0.29) is 6.04 Å². The molecule has 4 aromatic rings. The summed E-state index contributed by atoms with van der Waals surface area (Å²) in [6.07, 6.45) is 0.851. The molecule has 36 heavy (non-hydrogen) atoms. The summed E-state index contributed by atoms with van der Waals surface area (Å²) < 4.78 is 5.50. The molecule has 1 unspecified atom stereocenters. The van der Waals surface area contributed by atoms with Gasteiger partial charge in [-0.25, -0.2) is 4.79 Å². The Morgan fingerprint density at radius 3 is 2.83 bits per heavy atom. The highest BCUT2D eigenvalue weighted by Crippen LogP contribution is 2.34. The van der Waals surface area contributed by atoms with Crippen LogP contribution in [0.3, 0.4) is 0 Å². The van der Waals surface area contributed by atoms with Gasteiger partial charge in [-0.2, -0.15) is 5.10 Å². The van der Waals surface area contributed by atoms with Crippen molar-refractivity contribution in [2.45, 2.75) is 19.5 Å². The number of carboxylic acid groups (broad SMARTS) is 1. The molecule has 2 aromatic heterocycles. The van der Waals surface area contributed by atoms with E-state index in [0.29, 0.717) is 6.54 Å². The Balaban J connectivity index is 1.38. The maximum Gasteiger partial charge on any atom is 0.407 e. The molecule has 9 heteroatoms. The van der Waals surface area contributed by atoms with Crippen molar-refractivity contribution in [3.63, 3.8) is 0 Å². The second kappa shape index (κ2) is 10.5. The van der Waals surface area contributed by atoms with E-state index >= 15 is 0 Å². The molecule has 186 valence electrons. The first-order valence-corrected chi connectivity index (χ1v) is 12.8. The van der Waals surface area contributed by atoms with Crippen LogP contribution >= 0.6 is 11.3 Å². The molecule has 1 aliphatic rings. The number of ether oxygens (including phenoxy) is 1. The van der Waals surface area contributed by atoms with Crippen molar-refractivity contribution in [3.05, 3.63) is 70.5 Å². The number of anilines is 2. The van der Waals surface area contributed by atoms with Crippen molar-refractivity contribution in [1.29, 1.82) is 0 Å². The zero-order valence-corrected chi connectivity index (χ0v) is 21.2. The summed E-state index contributed by atoms with van der Waals surface area (Å²) >= 11 is 1.67. The van der Waals surface area contributed by atoms with Crippen LogP contribution in [0.25, 0.3) is 21.9 Å². The summed E-state index contributed by atoms with van der Waals surface area (Å²) in [4.78, 5) is 16.1. The second-order valence-electron chi connectivity index (χ2n) is 8.96. The second-order valence-corrected chi connectivity index (χ2v) is 9.91. The van der Waals surface area contributed by atoms with E-state index in [0.717, 1.165) is 70.1 Å². The molecule has 1 saturated heterocycles. The summed E-state index contributed by atoms with van der Waals surface area (Å²) in [6, 6.07) is 16.5. The third-order valence-electron chi connectivity index (χ3n) is 6.48. The molecule has 0 bridgehead atoms. The van der Waals surface area contributed by atoms with Crippen LogP contribution in [0.1, 0.15) is 23.4 Å². The van der Waals surface area contributed by atoms with Crippen LogP contribution < -0.4 is 10.2 Å². The Bertz CT molecular complexity index is 1370. The Kier molecular flexibility index (Phi) is 7.02. The number of hydrogen-bond donors (Lipinski definition) is 2. The van der Waals surface area contributed by atoms with Gasteiger partial charge in [0.05, 0.1) is 25.5 Å². The lowest BCUT2D eigenvalue weighted by Gasteiger charge is -2.29. The van der Waals surface area contributed by atoms with Crippen molar-refractivity contribution in [3.8, 4) is 11.1 Å². The summed E-state index contributed by atoms with van der Waals surface area (Å²) in [6.45, 7) is 5.69. The van der Waals surface area contributed by atoms with E-state index < -0.39 is 6.09 Å². The van der Waals surface area contributed by atoms with Crippen molar-refractivity contribution in [2.24, 2.45) is 0 Å². The maximum absolute atomic E-state index is 11.3. The Morgan fingerprint density at radius 2 is 2.03 bits per heavy atom. The van der Waals surface area contributed by atoms with Gasteiger partial charge in [-0.1, -0.05) is 30.3 Å². The first-order valence-electron chi connectivity index (χ1n) is 11.9. The molecule has 3 heterocycles. The Labute approximate surface area is 214 Å². The quantitative estimate of drug-likeness (QED) is 0.345. The number of amides is 1. The van der Waals surface area contributed by atoms with Gasteiger partial charge in [0, 0.05) is 48.0 Å². The zero-order valence-electron chi connectivity index (χ0n) is 20.3. The predicted octanol–water partition coefficient (Wildman–Crippen LogP) is 5.48. The van der Waals surface area contributed by atoms with Gasteiger partial charge in [0.25, 0.3) is 0 Å². The standard InChI is InChI=1S/C27H29N5O3S/c1-18(25-13-21(17-36-25)23-6-4-3-5-20(23)16-31(2)27(33)34)29-26-24-14-22(32-9-11-35-12-10-32)8-7-19(24)15-28-30-26/h3-8,13-15,17-18H,9-12,16H2,1-2H3,(H,29,30)(H,33,34). The van der Waals surface area contributed by atoms with Gasteiger partial charge in [-0.05, 0) is 47.2 Å². The fourth-order valence-corrected chi connectivity index (χ4v) is 5.37. The van der Waals surface area contributed by atoms with Crippen LogP contribution in [-0.4, -0.2) is 59.6 Å². The van der Waals surface area contributed by atoms with Crippen LogP contribution in [0.4, 0.5) is 16.3 Å². The summed E-state index contributed by atoms with van der Waals surface area (Å²) in [5.74, 6) is 0.758. The number of carbonyl (C=O) groups is 1. The normalized spacial score (nSPS) is 14.6. The highest BCUT2D eigenvalue weighted by molar-refractivity contribution is 7.10. The monoisotopic (exact) mass is 503 g/mol. The van der Waals surface area contributed by atoms with Gasteiger partial charge in [0.2, 0.25) is 0 Å².